The van der Waals surface area contributed by atoms with E-state index < -0.39 is 25.8 Å². The molecule has 0 saturated heterocycles. The van der Waals surface area contributed by atoms with Gasteiger partial charge in [-0.2, -0.15) is 0 Å². The molecule has 2 aliphatic heterocycles. The summed E-state index contributed by atoms with van der Waals surface area (Å²) in [6.45, 7) is 17.4. The van der Waals surface area contributed by atoms with E-state index in [1.165, 1.54) is 0 Å². The molecule has 0 bridgehead atoms. The Morgan fingerprint density at radius 3 is 2.55 bits per heavy atom. The number of nitrogens with two attached hydrogens (primary N) is 1. The van der Waals surface area contributed by atoms with Crippen LogP contribution in [0.5, 0.6) is 5.75 Å². The maximum absolute atomic E-state index is 15.3. The van der Waals surface area contributed by atoms with Gasteiger partial charge in [0.25, 0.3) is 0 Å². The number of fused-ring (bicyclic) bond motifs is 1. The van der Waals surface area contributed by atoms with E-state index in [-0.39, 0.29) is 23.5 Å². The predicted molar refractivity (Wildman–Crippen MR) is 130 cm³/mol. The Labute approximate surface area is 197 Å². The number of carbonyl (C=O) groups is 1. The Morgan fingerprint density at radius 2 is 1.94 bits per heavy atom. The van der Waals surface area contributed by atoms with Crippen molar-refractivity contribution in [2.45, 2.75) is 84.2 Å². The summed E-state index contributed by atoms with van der Waals surface area (Å²) in [4.78, 5) is 18.7. The Morgan fingerprint density at radius 1 is 1.27 bits per heavy atom. The zero-order chi connectivity index (χ0) is 24.8. The molecule has 2 aliphatic rings. The molecule has 1 atom stereocenters. The SMILES string of the molecule is CC(C)(C)OC(=O)N1CC=C(c2c(F)c(N)nc3c2OCC3)CC(O[Si](C)(C)C(C)(C)C)C1. The van der Waals surface area contributed by atoms with Crippen LogP contribution in [0.4, 0.5) is 15.0 Å². The van der Waals surface area contributed by atoms with Crippen LogP contribution in [0, 0.1) is 5.82 Å². The molecule has 1 amide bonds. The molecule has 0 aliphatic carbocycles. The molecule has 3 rings (SSSR count). The highest BCUT2D eigenvalue weighted by molar-refractivity contribution is 6.74. The number of rotatable bonds is 3. The van der Waals surface area contributed by atoms with Crippen molar-refractivity contribution in [1.29, 1.82) is 0 Å². The number of carbonyl (C=O) groups excluding carboxylic acids is 1. The Balaban J connectivity index is 2.01. The van der Waals surface area contributed by atoms with Crippen molar-refractivity contribution < 1.29 is 23.1 Å². The van der Waals surface area contributed by atoms with Crippen LogP contribution in [0.3, 0.4) is 0 Å². The number of hydrogen-bond acceptors (Lipinski definition) is 6. The van der Waals surface area contributed by atoms with E-state index in [2.05, 4.69) is 38.8 Å². The Hall–Kier alpha value is -2.13. The number of hydrogen-bond donors (Lipinski definition) is 1. The monoisotopic (exact) mass is 479 g/mol. The smallest absolute Gasteiger partial charge is 0.410 e. The molecule has 9 heteroatoms. The minimum Gasteiger partial charge on any atom is -0.491 e. The number of ether oxygens (including phenoxy) is 2. The Kier molecular flexibility index (Phi) is 6.88. The first-order valence-electron chi connectivity index (χ1n) is 11.5. The minimum absolute atomic E-state index is 0.0172. The van der Waals surface area contributed by atoms with Crippen molar-refractivity contribution in [2.24, 2.45) is 0 Å². The normalized spacial score (nSPS) is 19.5. The van der Waals surface area contributed by atoms with Crippen LogP contribution in [-0.2, 0) is 15.6 Å². The fourth-order valence-corrected chi connectivity index (χ4v) is 5.11. The molecule has 7 nitrogen and oxygen atoms in total. The summed E-state index contributed by atoms with van der Waals surface area (Å²) in [6, 6.07) is 0. The van der Waals surface area contributed by atoms with E-state index >= 15 is 4.39 Å². The standard InChI is InChI=1S/C24H38FN3O4Si/c1-23(2,3)31-22(29)28-11-9-15(13-16(14-28)32-33(7,8)24(4,5)6)18-19(25)21(26)27-17-10-12-30-20(17)18/h9,16H,10-14H2,1-8H3,(H2,26,27). The summed E-state index contributed by atoms with van der Waals surface area (Å²) in [5.74, 6) is -0.270. The minimum atomic E-state index is -2.17. The molecule has 184 valence electrons. The number of anilines is 1. The molecule has 1 aromatic rings. The number of nitrogens with zero attached hydrogens (tertiary/aromatic N) is 2. The second-order valence-corrected chi connectivity index (χ2v) is 16.1. The van der Waals surface area contributed by atoms with Crippen LogP contribution in [0.2, 0.25) is 18.1 Å². The lowest BCUT2D eigenvalue weighted by Crippen LogP contribution is -2.48. The van der Waals surface area contributed by atoms with Gasteiger partial charge in [-0.15, -0.1) is 0 Å². The lowest BCUT2D eigenvalue weighted by atomic mass is 9.98. The van der Waals surface area contributed by atoms with Crippen LogP contribution in [0.25, 0.3) is 5.57 Å². The molecule has 3 heterocycles. The summed E-state index contributed by atoms with van der Waals surface area (Å²) >= 11 is 0. The van der Waals surface area contributed by atoms with Gasteiger partial charge >= 0.3 is 6.09 Å². The molecule has 2 N–H and O–H groups in total. The molecule has 0 aromatic carbocycles. The van der Waals surface area contributed by atoms with Crippen LogP contribution in [0.15, 0.2) is 6.08 Å². The van der Waals surface area contributed by atoms with Crippen LogP contribution >= 0.6 is 0 Å². The van der Waals surface area contributed by atoms with Gasteiger partial charge in [0, 0.05) is 19.5 Å². The fourth-order valence-electron chi connectivity index (χ4n) is 3.76. The van der Waals surface area contributed by atoms with E-state index in [1.807, 2.05) is 26.8 Å². The van der Waals surface area contributed by atoms with Crippen molar-refractivity contribution in [2.75, 3.05) is 25.4 Å². The van der Waals surface area contributed by atoms with Crippen LogP contribution < -0.4 is 10.5 Å². The lowest BCUT2D eigenvalue weighted by molar-refractivity contribution is 0.0196. The number of pyridine rings is 1. The third-order valence-corrected chi connectivity index (χ3v) is 11.0. The van der Waals surface area contributed by atoms with Gasteiger partial charge < -0.3 is 24.5 Å². The average molecular weight is 480 g/mol. The van der Waals surface area contributed by atoms with E-state index in [0.717, 1.165) is 5.57 Å². The van der Waals surface area contributed by atoms with Gasteiger partial charge in [0.2, 0.25) is 0 Å². The zero-order valence-corrected chi connectivity index (χ0v) is 22.2. The third kappa shape index (κ3) is 5.69. The largest absolute Gasteiger partial charge is 0.491 e. The molecule has 0 saturated carbocycles. The molecule has 33 heavy (non-hydrogen) atoms. The molecular weight excluding hydrogens is 441 g/mol. The second kappa shape index (κ2) is 8.90. The van der Waals surface area contributed by atoms with Crippen molar-refractivity contribution in [1.82, 2.24) is 9.88 Å². The van der Waals surface area contributed by atoms with Crippen molar-refractivity contribution in [3.63, 3.8) is 0 Å². The van der Waals surface area contributed by atoms with E-state index in [0.29, 0.717) is 43.0 Å². The van der Waals surface area contributed by atoms with Gasteiger partial charge in [-0.1, -0.05) is 26.8 Å². The number of amides is 1. The summed E-state index contributed by atoms with van der Waals surface area (Å²) in [5, 5.41) is -0.0172. The topological polar surface area (TPSA) is 86.9 Å². The number of nitrogen functional groups attached to an aromatic ring is 1. The highest BCUT2D eigenvalue weighted by atomic mass is 28.4. The van der Waals surface area contributed by atoms with Crippen molar-refractivity contribution >= 4 is 25.8 Å². The van der Waals surface area contributed by atoms with Crippen LogP contribution in [0.1, 0.15) is 59.2 Å². The van der Waals surface area contributed by atoms with E-state index in [1.54, 1.807) is 4.90 Å². The molecule has 0 fully saturated rings. The second-order valence-electron chi connectivity index (χ2n) is 11.4. The lowest BCUT2D eigenvalue weighted by Gasteiger charge is -2.40. The number of aromatic nitrogens is 1. The van der Waals surface area contributed by atoms with Gasteiger partial charge in [0.15, 0.2) is 25.7 Å². The van der Waals surface area contributed by atoms with Gasteiger partial charge in [0.1, 0.15) is 5.60 Å². The molecule has 1 unspecified atom stereocenters. The van der Waals surface area contributed by atoms with Gasteiger partial charge in [-0.25, -0.2) is 14.2 Å². The highest BCUT2D eigenvalue weighted by Crippen LogP contribution is 2.42. The maximum atomic E-state index is 15.3. The van der Waals surface area contributed by atoms with Crippen LogP contribution in [-0.4, -0.2) is 55.7 Å². The summed E-state index contributed by atoms with van der Waals surface area (Å²) in [5.41, 5.74) is 7.00. The van der Waals surface area contributed by atoms with E-state index in [4.69, 9.17) is 19.6 Å². The highest BCUT2D eigenvalue weighted by Gasteiger charge is 2.41. The number of halogens is 1. The maximum Gasteiger partial charge on any atom is 0.410 e. The summed E-state index contributed by atoms with van der Waals surface area (Å²) in [7, 11) is -2.17. The summed E-state index contributed by atoms with van der Waals surface area (Å²) < 4.78 is 33.3. The molecule has 1 aromatic heterocycles. The first-order chi connectivity index (χ1) is 15.1. The summed E-state index contributed by atoms with van der Waals surface area (Å²) in [6.07, 6.45) is 2.15. The predicted octanol–water partition coefficient (Wildman–Crippen LogP) is 5.15. The van der Waals surface area contributed by atoms with Gasteiger partial charge in [-0.05, 0) is 50.9 Å². The molecule has 0 spiro atoms. The van der Waals surface area contributed by atoms with Gasteiger partial charge in [0.05, 0.1) is 24.0 Å². The van der Waals surface area contributed by atoms with E-state index in [9.17, 15) is 4.79 Å². The third-order valence-electron chi connectivity index (χ3n) is 6.44. The quantitative estimate of drug-likeness (QED) is 0.603. The zero-order valence-electron chi connectivity index (χ0n) is 21.2. The average Bonchev–Trinajstić information content (AvgIpc) is 2.99. The molecular formula is C24H38FN3O4Si. The first kappa shape index (κ1) is 25.5. The molecule has 0 radical (unpaired) electrons. The van der Waals surface area contributed by atoms with Crippen molar-refractivity contribution in [3.8, 4) is 5.75 Å². The fraction of sp³-hybridized carbons (Fsp3) is 0.667. The Bertz CT molecular complexity index is 950. The van der Waals surface area contributed by atoms with Gasteiger partial charge in [-0.3, -0.25) is 0 Å². The first-order valence-corrected chi connectivity index (χ1v) is 14.5. The van der Waals surface area contributed by atoms with Crippen molar-refractivity contribution in [3.05, 3.63) is 23.2 Å².